The predicted molar refractivity (Wildman–Crippen MR) is 80.6 cm³/mol. The average Bonchev–Trinajstić information content (AvgIpc) is 3.03. The third-order valence-electron chi connectivity index (χ3n) is 3.53. The molecule has 0 bridgehead atoms. The topological polar surface area (TPSA) is 72.5 Å². The predicted octanol–water partition coefficient (Wildman–Crippen LogP) is 2.97. The van der Waals surface area contributed by atoms with Crippen molar-refractivity contribution in [2.24, 2.45) is 0 Å². The third-order valence-corrected chi connectivity index (χ3v) is 4.43. The highest BCUT2D eigenvalue weighted by atomic mass is 32.2. The first-order valence-corrected chi connectivity index (χ1v) is 7.67. The van der Waals surface area contributed by atoms with Crippen LogP contribution in [0.15, 0.2) is 35.9 Å². The number of nitrogens with one attached hydrogen (secondary N) is 1. The molecule has 3 N–H and O–H groups in total. The molecule has 0 atom stereocenters. The molecule has 102 valence electrons. The Balaban J connectivity index is 1.53. The summed E-state index contributed by atoms with van der Waals surface area (Å²) in [6.45, 7) is 0. The maximum Gasteiger partial charge on any atom is 0.166 e. The highest BCUT2D eigenvalue weighted by molar-refractivity contribution is 7.98. The highest BCUT2D eigenvalue weighted by Crippen LogP contribution is 2.36. The monoisotopic (exact) mass is 285 g/mol. The van der Waals surface area contributed by atoms with Gasteiger partial charge in [-0.2, -0.15) is 0 Å². The van der Waals surface area contributed by atoms with Crippen molar-refractivity contribution in [3.05, 3.63) is 36.4 Å². The highest BCUT2D eigenvalue weighted by Gasteiger charge is 2.25. The molecule has 0 spiro atoms. The zero-order valence-electron chi connectivity index (χ0n) is 10.9. The van der Waals surface area contributed by atoms with E-state index in [0.29, 0.717) is 6.04 Å². The minimum Gasteiger partial charge on any atom is -0.399 e. The first-order valence-electron chi connectivity index (χ1n) is 6.68. The van der Waals surface area contributed by atoms with E-state index in [2.05, 4.69) is 19.5 Å². The number of nitrogen functional groups attached to an aromatic ring is 1. The van der Waals surface area contributed by atoms with Crippen molar-refractivity contribution in [2.75, 3.05) is 5.73 Å². The van der Waals surface area contributed by atoms with Crippen LogP contribution in [0.3, 0.4) is 0 Å². The molecule has 2 aromatic heterocycles. The van der Waals surface area contributed by atoms with Crippen LogP contribution in [-0.2, 0) is 5.75 Å². The quantitative estimate of drug-likeness (QED) is 0.571. The van der Waals surface area contributed by atoms with Crippen molar-refractivity contribution in [2.45, 2.75) is 29.8 Å². The number of hydrogen-bond donors (Lipinski definition) is 2. The summed E-state index contributed by atoms with van der Waals surface area (Å²) in [5, 5.41) is 0.925. The standard InChI is InChI=1S/C14H15N5S/c15-9-1-4-12-13(5-9)18-14(17-12)20-7-11-6-16-8-19(11)10-2-3-10/h1,4-6,8,10H,2-3,7,15H2,(H,17,18). The number of nitrogens with two attached hydrogens (primary N) is 1. The van der Waals surface area contributed by atoms with Gasteiger partial charge in [-0.05, 0) is 31.0 Å². The van der Waals surface area contributed by atoms with Gasteiger partial charge in [0.1, 0.15) is 0 Å². The van der Waals surface area contributed by atoms with Crippen LogP contribution in [0.25, 0.3) is 11.0 Å². The van der Waals surface area contributed by atoms with Crippen molar-refractivity contribution < 1.29 is 0 Å². The molecule has 0 saturated heterocycles. The van der Waals surface area contributed by atoms with Crippen LogP contribution in [-0.4, -0.2) is 19.5 Å². The maximum atomic E-state index is 5.78. The first kappa shape index (κ1) is 11.8. The number of H-pyrrole nitrogens is 1. The number of nitrogens with zero attached hydrogens (tertiary/aromatic N) is 3. The number of imidazole rings is 2. The number of fused-ring (bicyclic) bond motifs is 1. The van der Waals surface area contributed by atoms with Crippen LogP contribution in [0, 0.1) is 0 Å². The van der Waals surface area contributed by atoms with E-state index >= 15 is 0 Å². The molecule has 3 aromatic rings. The molecule has 1 fully saturated rings. The zero-order valence-corrected chi connectivity index (χ0v) is 11.7. The maximum absolute atomic E-state index is 5.78. The van der Waals surface area contributed by atoms with Gasteiger partial charge in [0.05, 0.1) is 17.4 Å². The van der Waals surface area contributed by atoms with Gasteiger partial charge < -0.3 is 15.3 Å². The SMILES string of the molecule is Nc1ccc2nc(SCc3cncn3C3CC3)[nH]c2c1. The minimum absolute atomic E-state index is 0.670. The molecule has 1 aliphatic rings. The first-order chi connectivity index (χ1) is 9.79. The van der Waals surface area contributed by atoms with E-state index in [4.69, 9.17) is 5.73 Å². The normalized spacial score (nSPS) is 15.0. The molecule has 0 radical (unpaired) electrons. The van der Waals surface area contributed by atoms with Gasteiger partial charge in [0, 0.05) is 29.4 Å². The Hall–Kier alpha value is -1.95. The fraction of sp³-hybridized carbons (Fsp3) is 0.286. The Morgan fingerprint density at radius 1 is 1.40 bits per heavy atom. The van der Waals surface area contributed by atoms with Crippen molar-refractivity contribution in [1.29, 1.82) is 0 Å². The summed E-state index contributed by atoms with van der Waals surface area (Å²) in [4.78, 5) is 12.1. The van der Waals surface area contributed by atoms with Crippen molar-refractivity contribution in [3.63, 3.8) is 0 Å². The lowest BCUT2D eigenvalue weighted by Gasteiger charge is -2.04. The summed E-state index contributed by atoms with van der Waals surface area (Å²) in [6.07, 6.45) is 6.44. The molecule has 1 aromatic carbocycles. The largest absolute Gasteiger partial charge is 0.399 e. The smallest absolute Gasteiger partial charge is 0.166 e. The van der Waals surface area contributed by atoms with Crippen LogP contribution in [0.1, 0.15) is 24.6 Å². The summed E-state index contributed by atoms with van der Waals surface area (Å²) in [6, 6.07) is 6.41. The lowest BCUT2D eigenvalue weighted by atomic mass is 10.3. The molecular weight excluding hydrogens is 270 g/mol. The number of aromatic amines is 1. The van der Waals surface area contributed by atoms with E-state index in [9.17, 15) is 0 Å². The summed E-state index contributed by atoms with van der Waals surface area (Å²) in [5.74, 6) is 0.881. The second-order valence-electron chi connectivity index (χ2n) is 5.13. The Labute approximate surface area is 120 Å². The van der Waals surface area contributed by atoms with Gasteiger partial charge in [-0.1, -0.05) is 11.8 Å². The molecule has 4 rings (SSSR count). The molecule has 5 nitrogen and oxygen atoms in total. The van der Waals surface area contributed by atoms with Gasteiger partial charge in [0.15, 0.2) is 5.16 Å². The van der Waals surface area contributed by atoms with Crippen LogP contribution in [0.2, 0.25) is 0 Å². The fourth-order valence-electron chi connectivity index (χ4n) is 2.34. The number of hydrogen-bond acceptors (Lipinski definition) is 4. The number of thioether (sulfide) groups is 1. The van der Waals surface area contributed by atoms with Gasteiger partial charge in [0.2, 0.25) is 0 Å². The van der Waals surface area contributed by atoms with E-state index in [0.717, 1.165) is 27.6 Å². The fourth-order valence-corrected chi connectivity index (χ4v) is 3.19. The minimum atomic E-state index is 0.670. The molecule has 6 heteroatoms. The summed E-state index contributed by atoms with van der Waals surface area (Å²) in [7, 11) is 0. The average molecular weight is 285 g/mol. The molecule has 0 unspecified atom stereocenters. The molecule has 0 aliphatic heterocycles. The number of anilines is 1. The second-order valence-corrected chi connectivity index (χ2v) is 6.09. The van der Waals surface area contributed by atoms with Gasteiger partial charge in [-0.15, -0.1) is 0 Å². The molecule has 0 amide bonds. The Kier molecular flexibility index (Phi) is 2.70. The summed E-state index contributed by atoms with van der Waals surface area (Å²) < 4.78 is 2.29. The molecule has 1 aliphatic carbocycles. The second kappa shape index (κ2) is 4.56. The third kappa shape index (κ3) is 2.16. The lowest BCUT2D eigenvalue weighted by molar-refractivity contribution is 0.713. The Morgan fingerprint density at radius 3 is 3.15 bits per heavy atom. The summed E-state index contributed by atoms with van der Waals surface area (Å²) in [5.41, 5.74) is 9.74. The van der Waals surface area contributed by atoms with E-state index in [1.807, 2.05) is 30.7 Å². The van der Waals surface area contributed by atoms with Crippen LogP contribution >= 0.6 is 11.8 Å². The van der Waals surface area contributed by atoms with Crippen LogP contribution < -0.4 is 5.73 Å². The molecule has 2 heterocycles. The van der Waals surface area contributed by atoms with E-state index in [1.54, 1.807) is 11.8 Å². The molecule has 1 saturated carbocycles. The number of rotatable bonds is 4. The van der Waals surface area contributed by atoms with Crippen LogP contribution in [0.5, 0.6) is 0 Å². The van der Waals surface area contributed by atoms with E-state index in [1.165, 1.54) is 18.5 Å². The summed E-state index contributed by atoms with van der Waals surface area (Å²) >= 11 is 1.70. The van der Waals surface area contributed by atoms with Gasteiger partial charge in [-0.25, -0.2) is 9.97 Å². The van der Waals surface area contributed by atoms with Crippen LogP contribution in [0.4, 0.5) is 5.69 Å². The number of benzene rings is 1. The van der Waals surface area contributed by atoms with Crippen molar-refractivity contribution >= 4 is 28.5 Å². The number of aromatic nitrogens is 4. The lowest BCUT2D eigenvalue weighted by Crippen LogP contribution is -1.97. The zero-order chi connectivity index (χ0) is 13.5. The molecule has 20 heavy (non-hydrogen) atoms. The Bertz CT molecular complexity index is 756. The van der Waals surface area contributed by atoms with Gasteiger partial charge in [0.25, 0.3) is 0 Å². The Morgan fingerprint density at radius 2 is 2.30 bits per heavy atom. The van der Waals surface area contributed by atoms with Gasteiger partial charge >= 0.3 is 0 Å². The van der Waals surface area contributed by atoms with Crippen molar-refractivity contribution in [3.8, 4) is 0 Å². The van der Waals surface area contributed by atoms with Crippen molar-refractivity contribution in [1.82, 2.24) is 19.5 Å². The van der Waals surface area contributed by atoms with E-state index in [-0.39, 0.29) is 0 Å². The van der Waals surface area contributed by atoms with Gasteiger partial charge in [-0.3, -0.25) is 0 Å². The van der Waals surface area contributed by atoms with E-state index < -0.39 is 0 Å². The molecular formula is C14H15N5S.